The van der Waals surface area contributed by atoms with E-state index in [1.165, 1.54) is 63.4 Å². The minimum absolute atomic E-state index is 0.217. The fraction of sp³-hybridized carbons (Fsp3) is 0.567. The highest BCUT2D eigenvalue weighted by molar-refractivity contribution is 7.99. The molecule has 0 radical (unpaired) electrons. The number of nitrogens with two attached hydrogens (primary N) is 1. The molecule has 0 aliphatic heterocycles. The number of ether oxygens (including phenoxy) is 1. The predicted molar refractivity (Wildman–Crippen MR) is 168 cm³/mol. The molecule has 0 saturated carbocycles. The molecule has 0 aliphatic rings. The van der Waals surface area contributed by atoms with Crippen LogP contribution in [0.1, 0.15) is 76.7 Å². The van der Waals surface area contributed by atoms with Gasteiger partial charge in [-0.2, -0.15) is 11.8 Å². The van der Waals surface area contributed by atoms with Crippen molar-refractivity contribution in [1.82, 2.24) is 19.5 Å². The number of halogens is 1. The van der Waals surface area contributed by atoms with Gasteiger partial charge in [-0.05, 0) is 43.7 Å². The summed E-state index contributed by atoms with van der Waals surface area (Å²) in [6.07, 6.45) is 14.0. The number of nitrogen functional groups attached to an aromatic ring is 1. The van der Waals surface area contributed by atoms with Crippen LogP contribution in [-0.2, 0) is 20.4 Å². The molecule has 0 bridgehead atoms. The Morgan fingerprint density at radius 1 is 1.07 bits per heavy atom. The van der Waals surface area contributed by atoms with E-state index in [0.717, 1.165) is 30.6 Å². The fourth-order valence-electron chi connectivity index (χ4n) is 4.35. The van der Waals surface area contributed by atoms with Crippen molar-refractivity contribution in [3.8, 4) is 11.8 Å². The zero-order valence-corrected chi connectivity index (χ0v) is 26.1. The first-order valence-corrected chi connectivity index (χ1v) is 17.6. The van der Waals surface area contributed by atoms with Crippen LogP contribution in [-0.4, -0.2) is 55.0 Å². The van der Waals surface area contributed by atoms with Crippen LogP contribution >= 0.6 is 19.4 Å². The van der Waals surface area contributed by atoms with E-state index in [9.17, 15) is 13.8 Å². The number of fused-ring (bicyclic) bond motifs is 1. The second-order valence-electron chi connectivity index (χ2n) is 10.3. The van der Waals surface area contributed by atoms with Gasteiger partial charge in [-0.1, -0.05) is 62.9 Å². The van der Waals surface area contributed by atoms with Gasteiger partial charge in [0.25, 0.3) is 0 Å². The summed E-state index contributed by atoms with van der Waals surface area (Å²) in [4.78, 5) is 22.4. The highest BCUT2D eigenvalue weighted by atomic mass is 32.2. The van der Waals surface area contributed by atoms with Crippen molar-refractivity contribution in [3.63, 3.8) is 0 Å². The smallest absolute Gasteiger partial charge is 0.353 e. The molecule has 9 nitrogen and oxygen atoms in total. The number of nitrogens with zero attached hydrogens (tertiary/aromatic N) is 4. The number of aromatic nitrogens is 4. The zero-order valence-electron chi connectivity index (χ0n) is 24.4. The Morgan fingerprint density at radius 2 is 1.81 bits per heavy atom. The van der Waals surface area contributed by atoms with E-state index in [2.05, 4.69) is 26.8 Å². The first-order chi connectivity index (χ1) is 20.3. The van der Waals surface area contributed by atoms with Gasteiger partial charge in [0.15, 0.2) is 11.5 Å². The first kappa shape index (κ1) is 34.0. The van der Waals surface area contributed by atoms with Gasteiger partial charge in [-0.3, -0.25) is 4.57 Å². The molecule has 3 rings (SSSR count). The van der Waals surface area contributed by atoms with Crippen molar-refractivity contribution in [1.29, 1.82) is 0 Å². The molecule has 0 fully saturated rings. The minimum atomic E-state index is -3.82. The summed E-state index contributed by atoms with van der Waals surface area (Å²) in [7, 11) is -3.82. The second kappa shape index (κ2) is 18.9. The molecule has 230 valence electrons. The van der Waals surface area contributed by atoms with E-state index in [1.54, 1.807) is 28.7 Å². The average Bonchev–Trinajstić information content (AvgIpc) is 3.37. The van der Waals surface area contributed by atoms with E-state index in [1.807, 2.05) is 13.0 Å². The molecule has 3 aromatic rings. The third-order valence-electron chi connectivity index (χ3n) is 6.57. The topological polar surface area (TPSA) is 125 Å². The Labute approximate surface area is 252 Å². The standard InChI is InChI=1S/C30H43FN5O4PS/c1-25(21-36-23-35-28-29(32)33-22-34-30(28)36)39-24-41(37,38)40-17-19-42-18-12-10-8-6-4-2-3-5-7-9-11-14-26-15-13-16-27(31)20-26/h13,15-16,20,22-23,25H,2-10,12,17-19,21,24H2,1H3,(H,37,38)(H2,32,33,34)/t25-/m1/s1. The molecule has 2 heterocycles. The number of imidazole rings is 1. The number of rotatable bonds is 20. The van der Waals surface area contributed by atoms with E-state index >= 15 is 0 Å². The van der Waals surface area contributed by atoms with Crippen molar-refractivity contribution in [2.45, 2.75) is 83.8 Å². The van der Waals surface area contributed by atoms with E-state index in [0.29, 0.717) is 29.3 Å². The Balaban J connectivity index is 1.10. The maximum absolute atomic E-state index is 13.1. The third-order valence-corrected chi connectivity index (χ3v) is 8.67. The summed E-state index contributed by atoms with van der Waals surface area (Å²) in [5.41, 5.74) is 7.66. The summed E-state index contributed by atoms with van der Waals surface area (Å²) in [5, 5.41) is 0. The Morgan fingerprint density at radius 3 is 2.57 bits per heavy atom. The number of benzene rings is 1. The Bertz CT molecular complexity index is 1330. The number of anilines is 1. The summed E-state index contributed by atoms with van der Waals surface area (Å²) >= 11 is 1.74. The van der Waals surface area contributed by atoms with Gasteiger partial charge in [0.05, 0.1) is 25.6 Å². The van der Waals surface area contributed by atoms with Gasteiger partial charge in [0.1, 0.15) is 24.0 Å². The number of hydrogen-bond acceptors (Lipinski definition) is 8. The minimum Gasteiger partial charge on any atom is -0.382 e. The van der Waals surface area contributed by atoms with E-state index < -0.39 is 7.60 Å². The SMILES string of the molecule is C[C@H](Cn1cnc2c(N)ncnc21)OCP(=O)(O)OCCSCCCCCCCCCCCC#Cc1cccc(F)c1. The van der Waals surface area contributed by atoms with Crippen molar-refractivity contribution in [3.05, 3.63) is 48.3 Å². The van der Waals surface area contributed by atoms with Crippen LogP contribution in [0.3, 0.4) is 0 Å². The molecule has 0 saturated heterocycles. The third kappa shape index (κ3) is 13.2. The lowest BCUT2D eigenvalue weighted by Crippen LogP contribution is -2.17. The van der Waals surface area contributed by atoms with Gasteiger partial charge in [-0.15, -0.1) is 0 Å². The molecule has 1 unspecified atom stereocenters. The number of unbranched alkanes of at least 4 members (excludes halogenated alkanes) is 9. The number of thioether (sulfide) groups is 1. The van der Waals surface area contributed by atoms with Gasteiger partial charge >= 0.3 is 7.60 Å². The van der Waals surface area contributed by atoms with E-state index in [4.69, 9.17) is 15.0 Å². The number of hydrogen-bond donors (Lipinski definition) is 2. The fourth-order valence-corrected chi connectivity index (χ4v) is 6.18. The molecule has 0 spiro atoms. The first-order valence-electron chi connectivity index (χ1n) is 14.7. The van der Waals surface area contributed by atoms with Crippen molar-refractivity contribution < 1.29 is 23.1 Å². The molecule has 3 N–H and O–H groups in total. The lowest BCUT2D eigenvalue weighted by atomic mass is 10.1. The Kier molecular flexibility index (Phi) is 15.3. The van der Waals surface area contributed by atoms with Gasteiger partial charge < -0.3 is 24.5 Å². The molecule has 2 atom stereocenters. The largest absolute Gasteiger partial charge is 0.382 e. The van der Waals surface area contributed by atoms with Crippen molar-refractivity contribution >= 4 is 36.3 Å². The van der Waals surface area contributed by atoms with E-state index in [-0.39, 0.29) is 24.9 Å². The van der Waals surface area contributed by atoms with Gasteiger partial charge in [-0.25, -0.2) is 19.3 Å². The average molecular weight is 620 g/mol. The lowest BCUT2D eigenvalue weighted by Gasteiger charge is -2.17. The predicted octanol–water partition coefficient (Wildman–Crippen LogP) is 6.80. The maximum atomic E-state index is 13.1. The molecule has 1 aromatic carbocycles. The normalized spacial score (nSPS) is 13.5. The van der Waals surface area contributed by atoms with Crippen molar-refractivity contribution in [2.75, 3.05) is 30.2 Å². The quantitative estimate of drug-likeness (QED) is 0.0798. The highest BCUT2D eigenvalue weighted by Crippen LogP contribution is 2.42. The highest BCUT2D eigenvalue weighted by Gasteiger charge is 2.21. The molecular formula is C30H43FN5O4PS. The van der Waals surface area contributed by atoms with Crippen LogP contribution in [0.4, 0.5) is 10.2 Å². The summed E-state index contributed by atoms with van der Waals surface area (Å²) in [6, 6.07) is 6.42. The summed E-state index contributed by atoms with van der Waals surface area (Å²) < 4.78 is 38.0. The second-order valence-corrected chi connectivity index (χ2v) is 13.3. The van der Waals surface area contributed by atoms with Gasteiger partial charge in [0.2, 0.25) is 0 Å². The van der Waals surface area contributed by atoms with Crippen LogP contribution in [0.5, 0.6) is 0 Å². The molecule has 42 heavy (non-hydrogen) atoms. The van der Waals surface area contributed by atoms with Crippen LogP contribution in [0.15, 0.2) is 36.9 Å². The molecule has 0 amide bonds. The summed E-state index contributed by atoms with van der Waals surface area (Å²) in [5.74, 6) is 7.92. The molecular weight excluding hydrogens is 576 g/mol. The monoisotopic (exact) mass is 619 g/mol. The van der Waals surface area contributed by atoms with Gasteiger partial charge in [0, 0.05) is 17.7 Å². The zero-order chi connectivity index (χ0) is 30.0. The maximum Gasteiger partial charge on any atom is 0.353 e. The van der Waals surface area contributed by atoms with Crippen LogP contribution in [0.25, 0.3) is 11.2 Å². The molecule has 2 aromatic heterocycles. The summed E-state index contributed by atoms with van der Waals surface area (Å²) in [6.45, 7) is 2.43. The molecule has 0 aliphatic carbocycles. The van der Waals surface area contributed by atoms with Crippen LogP contribution < -0.4 is 5.73 Å². The Hall–Kier alpha value is -2.48. The van der Waals surface area contributed by atoms with Crippen LogP contribution in [0, 0.1) is 17.7 Å². The molecule has 12 heteroatoms. The van der Waals surface area contributed by atoms with Crippen LogP contribution in [0.2, 0.25) is 0 Å². The lowest BCUT2D eigenvalue weighted by molar-refractivity contribution is 0.0724. The van der Waals surface area contributed by atoms with Crippen molar-refractivity contribution in [2.24, 2.45) is 0 Å².